The average Bonchev–Trinajstić information content (AvgIpc) is 2.72. The highest BCUT2D eigenvalue weighted by atomic mass is 32.2. The Labute approximate surface area is 129 Å². The third kappa shape index (κ3) is 9.02. The molecule has 0 unspecified atom stereocenters. The normalized spacial score (nSPS) is 12.0. The maximum atomic E-state index is 11.0. The molecule has 0 saturated heterocycles. The molecule has 0 aliphatic carbocycles. The second-order valence-corrected chi connectivity index (χ2v) is 7.13. The Morgan fingerprint density at radius 2 is 1.87 bits per heavy atom. The van der Waals surface area contributed by atoms with Crippen LogP contribution in [-0.2, 0) is 33.7 Å². The first-order valence-corrected chi connectivity index (χ1v) is 8.62. The van der Waals surface area contributed by atoms with Crippen LogP contribution in [0.2, 0.25) is 0 Å². The van der Waals surface area contributed by atoms with Crippen molar-refractivity contribution in [1.82, 2.24) is 4.57 Å². The first kappa shape index (κ1) is 21.2. The van der Waals surface area contributed by atoms with Gasteiger partial charge in [0.05, 0.1) is 19.3 Å². The third-order valence-corrected chi connectivity index (χ3v) is 3.78. The molecule has 15 heteroatoms. The predicted molar refractivity (Wildman–Crippen MR) is 68.9 cm³/mol. The van der Waals surface area contributed by atoms with Gasteiger partial charge in [-0.3, -0.25) is 0 Å². The third-order valence-electron chi connectivity index (χ3n) is 2.09. The van der Waals surface area contributed by atoms with Crippen LogP contribution in [0.3, 0.4) is 0 Å². The Balaban J connectivity index is 0.000000515. The lowest BCUT2D eigenvalue weighted by Crippen LogP contribution is -2.23. The molecule has 0 saturated carbocycles. The summed E-state index contributed by atoms with van der Waals surface area (Å²) in [5.74, 6) is -0.126. The fourth-order valence-electron chi connectivity index (χ4n) is 1.16. The van der Waals surface area contributed by atoms with E-state index in [-0.39, 0.29) is 5.75 Å². The summed E-state index contributed by atoms with van der Waals surface area (Å²) in [7, 11) is -7.81. The van der Waals surface area contributed by atoms with Gasteiger partial charge >= 0.3 is 5.51 Å². The highest BCUT2D eigenvalue weighted by molar-refractivity contribution is 7.90. The van der Waals surface area contributed by atoms with E-state index in [0.29, 0.717) is 13.0 Å². The van der Waals surface area contributed by atoms with Gasteiger partial charge in [0.25, 0.3) is 0 Å². The van der Waals surface area contributed by atoms with Crippen LogP contribution in [0, 0.1) is 0 Å². The molecule has 0 bridgehead atoms. The maximum absolute atomic E-state index is 11.0. The summed E-state index contributed by atoms with van der Waals surface area (Å²) in [4.78, 5) is 2.26. The topological polar surface area (TPSA) is 149 Å². The van der Waals surface area contributed by atoms with E-state index in [2.05, 4.69) is 9.43 Å². The molecule has 10 nitrogen and oxygen atoms in total. The van der Waals surface area contributed by atoms with Crippen molar-refractivity contribution in [3.8, 4) is 0 Å². The van der Waals surface area contributed by atoms with Crippen LogP contribution in [0.4, 0.5) is 13.2 Å². The SMILES string of the molecule is C[n+]1ccn(CCCS(=O)(=O)N=[N+]=[N-])c1.O=S(=O)([O-])C(F)(F)F. The van der Waals surface area contributed by atoms with Gasteiger partial charge in [0, 0.05) is 9.43 Å². The van der Waals surface area contributed by atoms with Crippen molar-refractivity contribution in [1.29, 1.82) is 0 Å². The molecule has 0 aromatic carbocycles. The van der Waals surface area contributed by atoms with Crippen molar-refractivity contribution in [2.45, 2.75) is 18.5 Å². The molecule has 0 N–H and O–H groups in total. The molecule has 132 valence electrons. The summed E-state index contributed by atoms with van der Waals surface area (Å²) in [5.41, 5.74) is 2.35. The summed E-state index contributed by atoms with van der Waals surface area (Å²) < 4.78 is 87.3. The van der Waals surface area contributed by atoms with Gasteiger partial charge in [-0.25, -0.2) is 26.0 Å². The molecular weight excluding hydrogens is 367 g/mol. The Kier molecular flexibility index (Phi) is 7.50. The molecular formula is C8H12F3N5O5S2. The molecule has 0 amide bonds. The number of hydrogen-bond acceptors (Lipinski definition) is 5. The van der Waals surface area contributed by atoms with Crippen LogP contribution in [-0.4, -0.2) is 37.2 Å². The molecule has 23 heavy (non-hydrogen) atoms. The van der Waals surface area contributed by atoms with Gasteiger partial charge in [-0.15, -0.1) is 0 Å². The molecule has 1 rings (SSSR count). The predicted octanol–water partition coefficient (Wildman–Crippen LogP) is 0.394. The molecule has 0 fully saturated rings. The van der Waals surface area contributed by atoms with Crippen LogP contribution in [0.25, 0.3) is 10.4 Å². The Morgan fingerprint density at radius 3 is 2.22 bits per heavy atom. The Hall–Kier alpha value is -1.83. The fourth-order valence-corrected chi connectivity index (χ4v) is 1.85. The summed E-state index contributed by atoms with van der Waals surface area (Å²) in [5, 5.41) is 0. The van der Waals surface area contributed by atoms with E-state index in [1.807, 2.05) is 34.9 Å². The van der Waals surface area contributed by atoms with Gasteiger partial charge in [0.15, 0.2) is 10.1 Å². The summed E-state index contributed by atoms with van der Waals surface area (Å²) >= 11 is 0. The van der Waals surface area contributed by atoms with Crippen molar-refractivity contribution >= 4 is 20.1 Å². The maximum Gasteiger partial charge on any atom is 0.485 e. The zero-order valence-electron chi connectivity index (χ0n) is 11.6. The van der Waals surface area contributed by atoms with E-state index in [9.17, 15) is 21.6 Å². The first-order chi connectivity index (χ1) is 10.3. The number of alkyl halides is 3. The summed E-state index contributed by atoms with van der Waals surface area (Å²) in [6, 6.07) is 0. The van der Waals surface area contributed by atoms with Crippen molar-refractivity contribution in [3.63, 3.8) is 0 Å². The number of aryl methyl sites for hydroxylation is 2. The van der Waals surface area contributed by atoms with Gasteiger partial charge in [0.2, 0.25) is 16.4 Å². The summed E-state index contributed by atoms with van der Waals surface area (Å²) in [6.07, 6.45) is 5.98. The van der Waals surface area contributed by atoms with Gasteiger partial charge < -0.3 is 4.55 Å². The lowest BCUT2D eigenvalue weighted by molar-refractivity contribution is -0.671. The van der Waals surface area contributed by atoms with Gasteiger partial charge in [-0.2, -0.15) is 13.2 Å². The van der Waals surface area contributed by atoms with Crippen molar-refractivity contribution in [2.75, 3.05) is 5.75 Å². The van der Waals surface area contributed by atoms with E-state index in [4.69, 9.17) is 18.5 Å². The molecule has 0 radical (unpaired) electrons. The number of rotatable bonds is 5. The second kappa shape index (κ2) is 8.14. The highest BCUT2D eigenvalue weighted by Crippen LogP contribution is 2.20. The fraction of sp³-hybridized carbons (Fsp3) is 0.625. The lowest BCUT2D eigenvalue weighted by Gasteiger charge is -2.08. The zero-order chi connectivity index (χ0) is 18.3. The number of azide groups is 1. The van der Waals surface area contributed by atoms with Gasteiger partial charge in [-0.05, 0) is 12.0 Å². The van der Waals surface area contributed by atoms with E-state index < -0.39 is 25.6 Å². The minimum atomic E-state index is -6.09. The number of sulfonamides is 1. The number of hydrogen-bond donors (Lipinski definition) is 0. The highest BCUT2D eigenvalue weighted by Gasteiger charge is 2.36. The van der Waals surface area contributed by atoms with Crippen LogP contribution < -0.4 is 4.57 Å². The van der Waals surface area contributed by atoms with Crippen molar-refractivity contribution in [2.24, 2.45) is 11.6 Å². The molecule has 0 atom stereocenters. The van der Waals surface area contributed by atoms with Crippen LogP contribution >= 0.6 is 0 Å². The monoisotopic (exact) mass is 379 g/mol. The van der Waals surface area contributed by atoms with Gasteiger partial charge in [-0.1, -0.05) is 0 Å². The molecule has 0 aliphatic heterocycles. The summed E-state index contributed by atoms with van der Waals surface area (Å²) in [6.45, 7) is 0.584. The number of aromatic nitrogens is 2. The Morgan fingerprint density at radius 1 is 1.35 bits per heavy atom. The van der Waals surface area contributed by atoms with E-state index >= 15 is 0 Å². The lowest BCUT2D eigenvalue weighted by atomic mass is 10.5. The van der Waals surface area contributed by atoms with Crippen LogP contribution in [0.15, 0.2) is 23.2 Å². The van der Waals surface area contributed by atoms with E-state index in [0.717, 1.165) is 0 Å². The smallest absolute Gasteiger partial charge is 0.485 e. The largest absolute Gasteiger partial charge is 0.741 e. The molecule has 1 aromatic heterocycles. The molecule has 1 heterocycles. The number of halogens is 3. The molecule has 0 spiro atoms. The minimum absolute atomic E-state index is 0.126. The first-order valence-electron chi connectivity index (χ1n) is 5.61. The van der Waals surface area contributed by atoms with E-state index in [1.54, 1.807) is 0 Å². The Bertz CT molecular complexity index is 764. The number of nitrogens with zero attached hydrogens (tertiary/aromatic N) is 5. The van der Waals surface area contributed by atoms with Crippen molar-refractivity contribution < 1.29 is 39.1 Å². The van der Waals surface area contributed by atoms with Gasteiger partial charge in [0.1, 0.15) is 12.4 Å². The minimum Gasteiger partial charge on any atom is -0.741 e. The average molecular weight is 379 g/mol. The van der Waals surface area contributed by atoms with E-state index in [1.165, 1.54) is 0 Å². The zero-order valence-corrected chi connectivity index (χ0v) is 13.2. The molecule has 1 aromatic rings. The quantitative estimate of drug-likeness (QED) is 0.181. The van der Waals surface area contributed by atoms with Crippen molar-refractivity contribution in [3.05, 3.63) is 29.2 Å². The second-order valence-electron chi connectivity index (χ2n) is 4.03. The number of imidazole rings is 1. The standard InChI is InChI=1S/C7H12N5O2S.CHF3O3S/c1-11-4-5-12(7-11)3-2-6-15(13,14)10-9-8;2-1(3,4)8(5,6)7/h4-5,7H,2-3,6H2,1H3;(H,5,6,7)/q+1;/p-1. The van der Waals surface area contributed by atoms with Crippen LogP contribution in [0.5, 0.6) is 0 Å². The van der Waals surface area contributed by atoms with Crippen LogP contribution in [0.1, 0.15) is 6.42 Å². The molecule has 0 aliphatic rings.